The molecule has 0 aliphatic carbocycles. The monoisotopic (exact) mass is 479 g/mol. The highest BCUT2D eigenvalue weighted by Gasteiger charge is 2.10. The largest absolute Gasteiger partial charge is 0.0654 e. The minimum Gasteiger partial charge on any atom is -0.0654 e. The summed E-state index contributed by atoms with van der Waals surface area (Å²) in [6.45, 7) is 12.1. The summed E-state index contributed by atoms with van der Waals surface area (Å²) in [7, 11) is 0. The van der Waals surface area contributed by atoms with Crippen molar-refractivity contribution >= 4 is 0 Å². The van der Waals surface area contributed by atoms with Gasteiger partial charge in [0, 0.05) is 0 Å². The van der Waals surface area contributed by atoms with E-state index in [1.54, 1.807) is 0 Å². The first-order chi connectivity index (χ1) is 16.6. The van der Waals surface area contributed by atoms with E-state index in [0.29, 0.717) is 0 Å². The number of hydrogen-bond acceptors (Lipinski definition) is 0. The van der Waals surface area contributed by atoms with Gasteiger partial charge in [0.05, 0.1) is 0 Å². The van der Waals surface area contributed by atoms with Gasteiger partial charge in [-0.25, -0.2) is 0 Å². The first-order valence-electron chi connectivity index (χ1n) is 16.6. The lowest BCUT2D eigenvalue weighted by Crippen LogP contribution is -2.04. The molecule has 0 N–H and O–H groups in total. The molecule has 206 valence electrons. The van der Waals surface area contributed by atoms with Crippen molar-refractivity contribution in [3.8, 4) is 0 Å². The second-order valence-corrected chi connectivity index (χ2v) is 12.4. The molecule has 0 saturated heterocycles. The molecule has 0 amide bonds. The second-order valence-electron chi connectivity index (χ2n) is 12.4. The maximum absolute atomic E-state index is 2.51. The Bertz CT molecular complexity index is 359. The molecular weight excluding hydrogens is 408 g/mol. The third-order valence-electron chi connectivity index (χ3n) is 8.30. The molecule has 0 aromatic heterocycles. The summed E-state index contributed by atoms with van der Waals surface area (Å²) in [6, 6.07) is 0. The van der Waals surface area contributed by atoms with Crippen LogP contribution in [0.5, 0.6) is 0 Å². The lowest BCUT2D eigenvalue weighted by Gasteiger charge is -2.18. The van der Waals surface area contributed by atoms with Gasteiger partial charge >= 0.3 is 0 Å². The Hall–Kier alpha value is 0. The van der Waals surface area contributed by atoms with Crippen molar-refractivity contribution in [2.75, 3.05) is 0 Å². The highest BCUT2D eigenvalue weighted by Crippen LogP contribution is 2.24. The van der Waals surface area contributed by atoms with E-state index in [0.717, 1.165) is 17.8 Å². The Morgan fingerprint density at radius 1 is 0.294 bits per heavy atom. The van der Waals surface area contributed by atoms with Gasteiger partial charge < -0.3 is 0 Å². The van der Waals surface area contributed by atoms with E-state index >= 15 is 0 Å². The van der Waals surface area contributed by atoms with E-state index in [1.165, 1.54) is 167 Å². The number of rotatable bonds is 28. The Kier molecular flexibility index (Phi) is 27.6. The summed E-state index contributed by atoms with van der Waals surface area (Å²) in [5.74, 6) is 2.82. The van der Waals surface area contributed by atoms with Crippen LogP contribution in [0.25, 0.3) is 0 Å². The zero-order chi connectivity index (χ0) is 25.1. The topological polar surface area (TPSA) is 0 Å². The predicted molar refractivity (Wildman–Crippen MR) is 159 cm³/mol. The molecule has 0 aliphatic rings. The Morgan fingerprint density at radius 3 is 0.971 bits per heavy atom. The molecule has 3 atom stereocenters. The van der Waals surface area contributed by atoms with Crippen LogP contribution in [-0.4, -0.2) is 0 Å². The standard InChI is InChI=1S/C34H70/c1-6-8-10-12-13-14-15-16-17-18-19-20-21-22-23-25-28-33(4)31-34(5)30-26-29-32(3)27-24-11-9-7-2/h32-34H,6-31H2,1-5H3. The van der Waals surface area contributed by atoms with Gasteiger partial charge in [0.15, 0.2) is 0 Å². The van der Waals surface area contributed by atoms with Crippen LogP contribution in [0.15, 0.2) is 0 Å². The van der Waals surface area contributed by atoms with Gasteiger partial charge in [0.1, 0.15) is 0 Å². The summed E-state index contributed by atoms with van der Waals surface area (Å²) < 4.78 is 0. The fraction of sp³-hybridized carbons (Fsp3) is 1.00. The van der Waals surface area contributed by atoms with Crippen molar-refractivity contribution < 1.29 is 0 Å². The molecule has 0 saturated carbocycles. The van der Waals surface area contributed by atoms with Crippen LogP contribution < -0.4 is 0 Å². The van der Waals surface area contributed by atoms with E-state index in [4.69, 9.17) is 0 Å². The van der Waals surface area contributed by atoms with Crippen LogP contribution in [0.1, 0.15) is 202 Å². The zero-order valence-corrected chi connectivity index (χ0v) is 25.1. The van der Waals surface area contributed by atoms with Crippen molar-refractivity contribution in [1.29, 1.82) is 0 Å². The van der Waals surface area contributed by atoms with Crippen LogP contribution in [0.2, 0.25) is 0 Å². The third kappa shape index (κ3) is 26.6. The molecule has 0 bridgehead atoms. The first-order valence-corrected chi connectivity index (χ1v) is 16.6. The van der Waals surface area contributed by atoms with Crippen molar-refractivity contribution in [3.05, 3.63) is 0 Å². The van der Waals surface area contributed by atoms with Crippen LogP contribution >= 0.6 is 0 Å². The maximum atomic E-state index is 2.51. The molecule has 0 aromatic carbocycles. The van der Waals surface area contributed by atoms with Crippen LogP contribution in [0.3, 0.4) is 0 Å². The quantitative estimate of drug-likeness (QED) is 0.0980. The summed E-state index contributed by atoms with van der Waals surface area (Å²) in [5.41, 5.74) is 0. The van der Waals surface area contributed by atoms with Gasteiger partial charge in [0.25, 0.3) is 0 Å². The fourth-order valence-corrected chi connectivity index (χ4v) is 5.84. The maximum Gasteiger partial charge on any atom is -0.0440 e. The lowest BCUT2D eigenvalue weighted by molar-refractivity contribution is 0.344. The van der Waals surface area contributed by atoms with Gasteiger partial charge in [-0.1, -0.05) is 195 Å². The molecule has 0 aromatic rings. The third-order valence-corrected chi connectivity index (χ3v) is 8.30. The SMILES string of the molecule is CCCCCCCCCCCCCCCCCCC(C)CC(C)CCCC(C)CCCCCC. The van der Waals surface area contributed by atoms with Gasteiger partial charge in [-0.15, -0.1) is 0 Å². The molecule has 0 radical (unpaired) electrons. The van der Waals surface area contributed by atoms with E-state index in [9.17, 15) is 0 Å². The summed E-state index contributed by atoms with van der Waals surface area (Å²) >= 11 is 0. The van der Waals surface area contributed by atoms with Crippen LogP contribution in [-0.2, 0) is 0 Å². The van der Waals surface area contributed by atoms with Crippen LogP contribution in [0, 0.1) is 17.8 Å². The van der Waals surface area contributed by atoms with E-state index in [-0.39, 0.29) is 0 Å². The average molecular weight is 479 g/mol. The van der Waals surface area contributed by atoms with Crippen LogP contribution in [0.4, 0.5) is 0 Å². The summed E-state index contributed by atoms with van der Waals surface area (Å²) in [4.78, 5) is 0. The molecule has 0 heteroatoms. The van der Waals surface area contributed by atoms with Gasteiger partial charge in [-0.05, 0) is 24.2 Å². The number of hydrogen-bond donors (Lipinski definition) is 0. The summed E-state index contributed by atoms with van der Waals surface area (Å²) in [6.07, 6.45) is 38.1. The second kappa shape index (κ2) is 27.6. The van der Waals surface area contributed by atoms with Gasteiger partial charge in [-0.2, -0.15) is 0 Å². The normalized spacial score (nSPS) is 14.4. The van der Waals surface area contributed by atoms with Gasteiger partial charge in [0.2, 0.25) is 0 Å². The van der Waals surface area contributed by atoms with Crippen molar-refractivity contribution in [2.24, 2.45) is 17.8 Å². The van der Waals surface area contributed by atoms with Gasteiger partial charge in [-0.3, -0.25) is 0 Å². The van der Waals surface area contributed by atoms with Crippen molar-refractivity contribution in [1.82, 2.24) is 0 Å². The van der Waals surface area contributed by atoms with E-state index in [1.807, 2.05) is 0 Å². The molecule has 0 rings (SSSR count). The molecular formula is C34H70. The summed E-state index contributed by atoms with van der Waals surface area (Å²) in [5, 5.41) is 0. The molecule has 0 spiro atoms. The van der Waals surface area contributed by atoms with Crippen molar-refractivity contribution in [3.63, 3.8) is 0 Å². The highest BCUT2D eigenvalue weighted by atomic mass is 14.2. The Morgan fingerprint density at radius 2 is 0.559 bits per heavy atom. The molecule has 3 unspecified atom stereocenters. The van der Waals surface area contributed by atoms with E-state index in [2.05, 4.69) is 34.6 Å². The molecule has 0 nitrogen and oxygen atoms in total. The van der Waals surface area contributed by atoms with E-state index < -0.39 is 0 Å². The zero-order valence-electron chi connectivity index (χ0n) is 25.1. The minimum absolute atomic E-state index is 0.934. The molecule has 34 heavy (non-hydrogen) atoms. The Balaban J connectivity index is 3.34. The minimum atomic E-state index is 0.934. The lowest BCUT2D eigenvalue weighted by atomic mass is 9.88. The highest BCUT2D eigenvalue weighted by molar-refractivity contribution is 4.63. The Labute approximate surface area is 219 Å². The predicted octanol–water partition coefficient (Wildman–Crippen LogP) is 13.1. The molecule has 0 fully saturated rings. The fourth-order valence-electron chi connectivity index (χ4n) is 5.84. The first kappa shape index (κ1) is 34.0. The average Bonchev–Trinajstić information content (AvgIpc) is 2.81. The smallest absolute Gasteiger partial charge is 0.0440 e. The number of unbranched alkanes of at least 4 members (excludes halogenated alkanes) is 18. The molecule has 0 aliphatic heterocycles. The molecule has 0 heterocycles. The van der Waals surface area contributed by atoms with Crippen molar-refractivity contribution in [2.45, 2.75) is 202 Å².